The minimum atomic E-state index is -4.49. The molecule has 0 fully saturated rings. The molecule has 0 aliphatic carbocycles. The summed E-state index contributed by atoms with van der Waals surface area (Å²) >= 11 is 0. The fourth-order valence-electron chi connectivity index (χ4n) is 1.75. The summed E-state index contributed by atoms with van der Waals surface area (Å²) in [6.45, 7) is 0. The van der Waals surface area contributed by atoms with Gasteiger partial charge in [0.1, 0.15) is 11.6 Å². The van der Waals surface area contributed by atoms with E-state index < -0.39 is 29.2 Å². The van der Waals surface area contributed by atoms with Gasteiger partial charge in [0, 0.05) is 11.1 Å². The summed E-state index contributed by atoms with van der Waals surface area (Å²) in [5.74, 6) is -2.33. The van der Waals surface area contributed by atoms with Crippen LogP contribution in [0.1, 0.15) is 21.5 Å². The lowest BCUT2D eigenvalue weighted by Crippen LogP contribution is -2.05. The van der Waals surface area contributed by atoms with Crippen LogP contribution < -0.4 is 0 Å². The van der Waals surface area contributed by atoms with Crippen LogP contribution >= 0.6 is 0 Å². The van der Waals surface area contributed by atoms with Crippen LogP contribution in [0.2, 0.25) is 0 Å². The van der Waals surface area contributed by atoms with Gasteiger partial charge in [0.2, 0.25) is 0 Å². The van der Waals surface area contributed by atoms with Gasteiger partial charge in [0.15, 0.2) is 5.78 Å². The van der Waals surface area contributed by atoms with Crippen molar-refractivity contribution in [2.45, 2.75) is 6.18 Å². The van der Waals surface area contributed by atoms with Gasteiger partial charge in [-0.15, -0.1) is 0 Å². The van der Waals surface area contributed by atoms with E-state index in [1.807, 2.05) is 0 Å². The van der Waals surface area contributed by atoms with Crippen molar-refractivity contribution < 1.29 is 26.7 Å². The smallest absolute Gasteiger partial charge is 0.289 e. The lowest BCUT2D eigenvalue weighted by Gasteiger charge is -2.06. The number of carbonyl (C=O) groups is 1. The van der Waals surface area contributed by atoms with E-state index in [0.717, 1.165) is 48.6 Å². The zero-order chi connectivity index (χ0) is 16.3. The first-order valence-corrected chi connectivity index (χ1v) is 6.13. The maximum atomic E-state index is 13.4. The molecule has 0 spiro atoms. The molecule has 0 bridgehead atoms. The molecule has 0 N–H and O–H groups in total. The Morgan fingerprint density at radius 2 is 1.45 bits per heavy atom. The molecule has 0 aliphatic heterocycles. The molecule has 0 aromatic heterocycles. The average Bonchev–Trinajstić information content (AvgIpc) is 2.46. The zero-order valence-corrected chi connectivity index (χ0v) is 11.0. The highest BCUT2D eigenvalue weighted by Crippen LogP contribution is 2.29. The summed E-state index contributed by atoms with van der Waals surface area (Å²) in [6, 6.07) is 6.80. The number of rotatable bonds is 3. The lowest BCUT2D eigenvalue weighted by molar-refractivity contribution is -0.137. The third-order valence-corrected chi connectivity index (χ3v) is 2.90. The second-order valence-electron chi connectivity index (χ2n) is 4.41. The minimum absolute atomic E-state index is 0.0130. The Hall–Kier alpha value is -2.50. The largest absolute Gasteiger partial charge is 0.416 e. The van der Waals surface area contributed by atoms with Crippen molar-refractivity contribution in [3.63, 3.8) is 0 Å². The zero-order valence-electron chi connectivity index (χ0n) is 11.0. The van der Waals surface area contributed by atoms with Gasteiger partial charge in [-0.1, -0.05) is 18.2 Å². The van der Waals surface area contributed by atoms with Crippen molar-refractivity contribution >= 4 is 11.9 Å². The van der Waals surface area contributed by atoms with Crippen molar-refractivity contribution in [3.8, 4) is 0 Å². The first kappa shape index (κ1) is 15.9. The summed E-state index contributed by atoms with van der Waals surface area (Å²) < 4.78 is 63.9. The molecular weight excluding hydrogens is 303 g/mol. The Morgan fingerprint density at radius 3 is 1.95 bits per heavy atom. The number of hydrogen-bond donors (Lipinski definition) is 0. The molecule has 0 amide bonds. The summed E-state index contributed by atoms with van der Waals surface area (Å²) in [4.78, 5) is 11.8. The molecule has 6 heteroatoms. The SMILES string of the molecule is O=C(/C=C/c1c(F)cccc1F)c1ccc(C(F)(F)F)cc1. The standard InChI is InChI=1S/C16H9F5O/c17-13-2-1-3-14(18)12(13)8-9-15(22)10-4-6-11(7-5-10)16(19,20)21/h1-9H/b9-8+. The molecular formula is C16H9F5O. The summed E-state index contributed by atoms with van der Waals surface area (Å²) in [6.07, 6.45) is -2.64. The predicted molar refractivity (Wildman–Crippen MR) is 71.2 cm³/mol. The highest BCUT2D eigenvalue weighted by Gasteiger charge is 2.30. The molecule has 2 aromatic rings. The fraction of sp³-hybridized carbons (Fsp3) is 0.0625. The summed E-state index contributed by atoms with van der Waals surface area (Å²) in [5, 5.41) is 0. The van der Waals surface area contributed by atoms with E-state index >= 15 is 0 Å². The predicted octanol–water partition coefficient (Wildman–Crippen LogP) is 4.88. The number of carbonyl (C=O) groups excluding carboxylic acids is 1. The van der Waals surface area contributed by atoms with Crippen LogP contribution in [0, 0.1) is 11.6 Å². The average molecular weight is 312 g/mol. The Bertz CT molecular complexity index is 694. The Labute approximate surface area is 122 Å². The fourth-order valence-corrected chi connectivity index (χ4v) is 1.75. The van der Waals surface area contributed by atoms with Crippen LogP contribution in [-0.4, -0.2) is 5.78 Å². The van der Waals surface area contributed by atoms with Crippen molar-refractivity contribution in [2.24, 2.45) is 0 Å². The third kappa shape index (κ3) is 3.58. The van der Waals surface area contributed by atoms with Crippen LogP contribution in [0.15, 0.2) is 48.5 Å². The second kappa shape index (κ2) is 6.09. The molecule has 0 aliphatic rings. The maximum absolute atomic E-state index is 13.4. The Kier molecular flexibility index (Phi) is 4.40. The van der Waals surface area contributed by atoms with Gasteiger partial charge in [-0.25, -0.2) is 8.78 Å². The van der Waals surface area contributed by atoms with Gasteiger partial charge < -0.3 is 0 Å². The normalized spacial score (nSPS) is 11.9. The highest BCUT2D eigenvalue weighted by atomic mass is 19.4. The Balaban J connectivity index is 2.21. The molecule has 0 atom stereocenters. The Morgan fingerprint density at radius 1 is 0.909 bits per heavy atom. The van der Waals surface area contributed by atoms with E-state index in [1.54, 1.807) is 0 Å². The van der Waals surface area contributed by atoms with Gasteiger partial charge in [0.25, 0.3) is 0 Å². The van der Waals surface area contributed by atoms with E-state index in [4.69, 9.17) is 0 Å². The van der Waals surface area contributed by atoms with E-state index in [2.05, 4.69) is 0 Å². The number of ketones is 1. The van der Waals surface area contributed by atoms with E-state index in [0.29, 0.717) is 0 Å². The van der Waals surface area contributed by atoms with Crippen molar-refractivity contribution in [3.05, 3.63) is 76.9 Å². The van der Waals surface area contributed by atoms with Gasteiger partial charge >= 0.3 is 6.18 Å². The van der Waals surface area contributed by atoms with Gasteiger partial charge in [-0.05, 0) is 36.4 Å². The minimum Gasteiger partial charge on any atom is -0.289 e. The van der Waals surface area contributed by atoms with E-state index in [-0.39, 0.29) is 11.1 Å². The van der Waals surface area contributed by atoms with Crippen LogP contribution in [0.5, 0.6) is 0 Å². The van der Waals surface area contributed by atoms with Crippen molar-refractivity contribution in [1.29, 1.82) is 0 Å². The number of hydrogen-bond acceptors (Lipinski definition) is 1. The quantitative estimate of drug-likeness (QED) is 0.448. The van der Waals surface area contributed by atoms with Crippen LogP contribution in [0.3, 0.4) is 0 Å². The third-order valence-electron chi connectivity index (χ3n) is 2.90. The summed E-state index contributed by atoms with van der Waals surface area (Å²) in [7, 11) is 0. The topological polar surface area (TPSA) is 17.1 Å². The molecule has 0 heterocycles. The second-order valence-corrected chi connectivity index (χ2v) is 4.41. The van der Waals surface area contributed by atoms with Crippen molar-refractivity contribution in [1.82, 2.24) is 0 Å². The van der Waals surface area contributed by atoms with Crippen LogP contribution in [-0.2, 0) is 6.18 Å². The van der Waals surface area contributed by atoms with Crippen molar-refractivity contribution in [2.75, 3.05) is 0 Å². The molecule has 2 aromatic carbocycles. The molecule has 1 nitrogen and oxygen atoms in total. The lowest BCUT2D eigenvalue weighted by atomic mass is 10.1. The molecule has 0 radical (unpaired) electrons. The van der Waals surface area contributed by atoms with Gasteiger partial charge in [0.05, 0.1) is 5.56 Å². The first-order chi connectivity index (χ1) is 10.3. The molecule has 114 valence electrons. The summed E-state index contributed by atoms with van der Waals surface area (Å²) in [5.41, 5.74) is -1.28. The van der Waals surface area contributed by atoms with E-state index in [1.165, 1.54) is 6.07 Å². The van der Waals surface area contributed by atoms with Crippen LogP contribution in [0.4, 0.5) is 22.0 Å². The number of alkyl halides is 3. The molecule has 0 unspecified atom stereocenters. The monoisotopic (exact) mass is 312 g/mol. The number of benzene rings is 2. The van der Waals surface area contributed by atoms with Gasteiger partial charge in [-0.3, -0.25) is 4.79 Å². The maximum Gasteiger partial charge on any atom is 0.416 e. The number of halogens is 5. The van der Waals surface area contributed by atoms with E-state index in [9.17, 15) is 26.7 Å². The highest BCUT2D eigenvalue weighted by molar-refractivity contribution is 6.06. The molecule has 0 saturated heterocycles. The molecule has 0 saturated carbocycles. The van der Waals surface area contributed by atoms with Crippen LogP contribution in [0.25, 0.3) is 6.08 Å². The van der Waals surface area contributed by atoms with Gasteiger partial charge in [-0.2, -0.15) is 13.2 Å². The molecule has 22 heavy (non-hydrogen) atoms. The molecule has 2 rings (SSSR count). The number of allylic oxidation sites excluding steroid dienone is 1. The first-order valence-electron chi connectivity index (χ1n) is 6.13.